The van der Waals surface area contributed by atoms with Crippen molar-refractivity contribution in [2.75, 3.05) is 5.32 Å². The summed E-state index contributed by atoms with van der Waals surface area (Å²) in [6.07, 6.45) is 0. The van der Waals surface area contributed by atoms with E-state index in [1.807, 2.05) is 0 Å². The number of hydrogen-bond donors (Lipinski definition) is 2. The van der Waals surface area contributed by atoms with Gasteiger partial charge >= 0.3 is 0 Å². The molecule has 0 aliphatic carbocycles. The zero-order chi connectivity index (χ0) is 14.7. The second kappa shape index (κ2) is 5.72. The van der Waals surface area contributed by atoms with Gasteiger partial charge in [0.25, 0.3) is 5.91 Å². The highest BCUT2D eigenvalue weighted by atomic mass is 32.1. The van der Waals surface area contributed by atoms with Crippen molar-refractivity contribution >= 4 is 24.2 Å². The molecule has 0 bridgehead atoms. The van der Waals surface area contributed by atoms with E-state index in [2.05, 4.69) is 17.9 Å². The number of nitriles is 1. The SMILES string of the molecule is N#Cc1cc(F)ccc1NC(=O)c1cc(S)ccc1F. The summed E-state index contributed by atoms with van der Waals surface area (Å²) in [7, 11) is 0. The van der Waals surface area contributed by atoms with Crippen molar-refractivity contribution in [2.45, 2.75) is 4.90 Å². The van der Waals surface area contributed by atoms with Gasteiger partial charge in [0.1, 0.15) is 17.7 Å². The summed E-state index contributed by atoms with van der Waals surface area (Å²) in [4.78, 5) is 12.4. The Balaban J connectivity index is 2.33. The van der Waals surface area contributed by atoms with E-state index in [4.69, 9.17) is 5.26 Å². The summed E-state index contributed by atoms with van der Waals surface area (Å²) in [5.41, 5.74) is -0.130. The van der Waals surface area contributed by atoms with Gasteiger partial charge in [-0.05, 0) is 36.4 Å². The number of nitrogens with zero attached hydrogens (tertiary/aromatic N) is 1. The second-order valence-electron chi connectivity index (χ2n) is 3.92. The fourth-order valence-electron chi connectivity index (χ4n) is 1.59. The van der Waals surface area contributed by atoms with Crippen LogP contribution < -0.4 is 5.32 Å². The fraction of sp³-hybridized carbons (Fsp3) is 0. The van der Waals surface area contributed by atoms with E-state index in [0.29, 0.717) is 4.90 Å². The Labute approximate surface area is 119 Å². The summed E-state index contributed by atoms with van der Waals surface area (Å²) in [5, 5.41) is 11.2. The highest BCUT2D eigenvalue weighted by Gasteiger charge is 2.14. The molecule has 0 aromatic heterocycles. The van der Waals surface area contributed by atoms with Crippen LogP contribution in [0.2, 0.25) is 0 Å². The first-order valence-electron chi connectivity index (χ1n) is 5.51. The van der Waals surface area contributed by atoms with Crippen LogP contribution in [0.3, 0.4) is 0 Å². The van der Waals surface area contributed by atoms with E-state index < -0.39 is 17.5 Å². The highest BCUT2D eigenvalue weighted by Crippen LogP contribution is 2.19. The number of benzene rings is 2. The van der Waals surface area contributed by atoms with Gasteiger partial charge in [-0.1, -0.05) is 0 Å². The van der Waals surface area contributed by atoms with E-state index >= 15 is 0 Å². The Hall–Kier alpha value is -2.39. The Bertz CT molecular complexity index is 726. The molecule has 0 spiro atoms. The lowest BCUT2D eigenvalue weighted by Gasteiger charge is -2.08. The van der Waals surface area contributed by atoms with E-state index in [9.17, 15) is 13.6 Å². The molecule has 0 aliphatic rings. The van der Waals surface area contributed by atoms with Gasteiger partial charge in [-0.3, -0.25) is 4.79 Å². The standard InChI is InChI=1S/C14H8F2N2OS/c15-9-1-4-13(8(5-9)7-17)18-14(19)11-6-10(20)2-3-12(11)16/h1-6,20H,(H,18,19). The average Bonchev–Trinajstić information content (AvgIpc) is 2.43. The molecule has 20 heavy (non-hydrogen) atoms. The molecule has 1 N–H and O–H groups in total. The van der Waals surface area contributed by atoms with E-state index in [0.717, 1.165) is 18.2 Å². The number of carbonyl (C=O) groups excluding carboxylic acids is 1. The third kappa shape index (κ3) is 2.95. The molecule has 0 saturated heterocycles. The van der Waals surface area contributed by atoms with Crippen LogP contribution in [-0.4, -0.2) is 5.91 Å². The van der Waals surface area contributed by atoms with Gasteiger partial charge in [-0.15, -0.1) is 12.6 Å². The Morgan fingerprint density at radius 2 is 1.95 bits per heavy atom. The third-order valence-corrected chi connectivity index (χ3v) is 2.82. The number of amides is 1. The van der Waals surface area contributed by atoms with Crippen molar-refractivity contribution in [1.82, 2.24) is 0 Å². The molecule has 0 fully saturated rings. The minimum Gasteiger partial charge on any atom is -0.321 e. The second-order valence-corrected chi connectivity index (χ2v) is 4.44. The first kappa shape index (κ1) is 14.0. The predicted octanol–water partition coefficient (Wildman–Crippen LogP) is 3.38. The largest absolute Gasteiger partial charge is 0.321 e. The summed E-state index contributed by atoms with van der Waals surface area (Å²) in [5.74, 6) is -2.04. The van der Waals surface area contributed by atoms with Gasteiger partial charge in [-0.2, -0.15) is 5.26 Å². The maximum absolute atomic E-state index is 13.5. The number of anilines is 1. The number of thiol groups is 1. The zero-order valence-electron chi connectivity index (χ0n) is 10.0. The van der Waals surface area contributed by atoms with Crippen molar-refractivity contribution in [3.05, 3.63) is 59.2 Å². The Morgan fingerprint density at radius 1 is 1.20 bits per heavy atom. The summed E-state index contributed by atoms with van der Waals surface area (Å²) < 4.78 is 26.5. The monoisotopic (exact) mass is 290 g/mol. The van der Waals surface area contributed by atoms with Crippen LogP contribution in [0.5, 0.6) is 0 Å². The molecule has 0 aliphatic heterocycles. The number of nitrogens with one attached hydrogen (secondary N) is 1. The number of halogens is 2. The zero-order valence-corrected chi connectivity index (χ0v) is 10.9. The molecule has 0 radical (unpaired) electrons. The van der Waals surface area contributed by atoms with Crippen molar-refractivity contribution in [3.63, 3.8) is 0 Å². The van der Waals surface area contributed by atoms with E-state index in [1.165, 1.54) is 18.2 Å². The maximum atomic E-state index is 13.5. The first-order valence-corrected chi connectivity index (χ1v) is 5.95. The van der Waals surface area contributed by atoms with Crippen LogP contribution in [-0.2, 0) is 0 Å². The highest BCUT2D eigenvalue weighted by molar-refractivity contribution is 7.80. The summed E-state index contributed by atoms with van der Waals surface area (Å²) >= 11 is 4.03. The van der Waals surface area contributed by atoms with Gasteiger partial charge in [0.05, 0.1) is 16.8 Å². The molecule has 0 saturated carbocycles. The minimum atomic E-state index is -0.735. The van der Waals surface area contributed by atoms with Crippen LogP contribution in [0.4, 0.5) is 14.5 Å². The van der Waals surface area contributed by atoms with Crippen molar-refractivity contribution < 1.29 is 13.6 Å². The van der Waals surface area contributed by atoms with Crippen LogP contribution in [0.15, 0.2) is 41.3 Å². The van der Waals surface area contributed by atoms with Gasteiger partial charge in [0.15, 0.2) is 0 Å². The van der Waals surface area contributed by atoms with Crippen LogP contribution in [0.1, 0.15) is 15.9 Å². The summed E-state index contributed by atoms with van der Waals surface area (Å²) in [6.45, 7) is 0. The molecule has 6 heteroatoms. The summed E-state index contributed by atoms with van der Waals surface area (Å²) in [6, 6.07) is 8.88. The maximum Gasteiger partial charge on any atom is 0.258 e. The average molecular weight is 290 g/mol. The molecule has 0 heterocycles. The quantitative estimate of drug-likeness (QED) is 0.833. The van der Waals surface area contributed by atoms with Crippen molar-refractivity contribution in [2.24, 2.45) is 0 Å². The molecular formula is C14H8F2N2OS. The van der Waals surface area contributed by atoms with Crippen LogP contribution in [0, 0.1) is 23.0 Å². The number of hydrogen-bond acceptors (Lipinski definition) is 3. The molecule has 2 aromatic rings. The normalized spacial score (nSPS) is 9.90. The lowest BCUT2D eigenvalue weighted by atomic mass is 10.1. The first-order chi connectivity index (χ1) is 9.51. The number of rotatable bonds is 2. The van der Waals surface area contributed by atoms with E-state index in [-0.39, 0.29) is 16.8 Å². The molecule has 100 valence electrons. The van der Waals surface area contributed by atoms with Gasteiger partial charge < -0.3 is 5.32 Å². The van der Waals surface area contributed by atoms with Crippen LogP contribution in [0.25, 0.3) is 0 Å². The molecule has 0 unspecified atom stereocenters. The minimum absolute atomic E-state index is 0.0409. The smallest absolute Gasteiger partial charge is 0.258 e. The molecule has 3 nitrogen and oxygen atoms in total. The van der Waals surface area contributed by atoms with Crippen LogP contribution >= 0.6 is 12.6 Å². The lowest BCUT2D eigenvalue weighted by Crippen LogP contribution is -2.14. The Kier molecular flexibility index (Phi) is 4.01. The molecule has 2 aromatic carbocycles. The predicted molar refractivity (Wildman–Crippen MR) is 72.7 cm³/mol. The van der Waals surface area contributed by atoms with Gasteiger partial charge in [-0.25, -0.2) is 8.78 Å². The van der Waals surface area contributed by atoms with Gasteiger partial charge in [0, 0.05) is 4.90 Å². The molecule has 2 rings (SSSR count). The number of carbonyl (C=O) groups is 1. The fourth-order valence-corrected chi connectivity index (χ4v) is 1.80. The van der Waals surface area contributed by atoms with Gasteiger partial charge in [0.2, 0.25) is 0 Å². The lowest BCUT2D eigenvalue weighted by molar-refractivity contribution is 0.102. The molecular weight excluding hydrogens is 282 g/mol. The topological polar surface area (TPSA) is 52.9 Å². The Morgan fingerprint density at radius 3 is 2.65 bits per heavy atom. The molecule has 1 amide bonds. The third-order valence-electron chi connectivity index (χ3n) is 2.54. The molecule has 0 atom stereocenters. The van der Waals surface area contributed by atoms with Crippen molar-refractivity contribution in [3.8, 4) is 6.07 Å². The van der Waals surface area contributed by atoms with Crippen molar-refractivity contribution in [1.29, 1.82) is 5.26 Å². The van der Waals surface area contributed by atoms with E-state index in [1.54, 1.807) is 6.07 Å².